The minimum absolute atomic E-state index is 0.0239. The van der Waals surface area contributed by atoms with Crippen molar-refractivity contribution in [1.29, 1.82) is 0 Å². The average molecular weight is 375 g/mol. The molecule has 0 saturated heterocycles. The fourth-order valence-electron chi connectivity index (χ4n) is 4.44. The number of aromatic hydroxyl groups is 3. The van der Waals surface area contributed by atoms with E-state index in [1.54, 1.807) is 6.07 Å². The molecule has 0 unspecified atom stereocenters. The quantitative estimate of drug-likeness (QED) is 0.219. The molecule has 1 aromatic carbocycles. The lowest BCUT2D eigenvalue weighted by atomic mass is 9.94. The third kappa shape index (κ3) is 5.33. The maximum absolute atomic E-state index is 10.4. The Hall–Kier alpha value is -1.38. The third-order valence-corrected chi connectivity index (χ3v) is 7.36. The highest BCUT2D eigenvalue weighted by Gasteiger charge is 2.39. The Balaban J connectivity index is 1.45. The molecular weight excluding hydrogens is 336 g/mol. The first kappa shape index (κ1) is 20.4. The molecule has 0 amide bonds. The molecule has 0 aliphatic heterocycles. The van der Waals surface area contributed by atoms with E-state index >= 15 is 0 Å². The first-order valence-electron chi connectivity index (χ1n) is 11.1. The highest BCUT2D eigenvalue weighted by atomic mass is 16.3. The normalized spacial score (nSPS) is 19.2. The van der Waals surface area contributed by atoms with Crippen molar-refractivity contribution in [3.05, 3.63) is 17.2 Å². The molecule has 152 valence electrons. The van der Waals surface area contributed by atoms with Gasteiger partial charge in [-0.2, -0.15) is 0 Å². The fourth-order valence-corrected chi connectivity index (χ4v) is 4.44. The van der Waals surface area contributed by atoms with Gasteiger partial charge in [0.05, 0.1) is 0 Å². The van der Waals surface area contributed by atoms with Crippen LogP contribution in [0.25, 0.3) is 0 Å². The van der Waals surface area contributed by atoms with E-state index in [2.05, 4.69) is 13.8 Å². The van der Waals surface area contributed by atoms with Crippen molar-refractivity contribution >= 4 is 0 Å². The van der Waals surface area contributed by atoms with Crippen LogP contribution in [0.15, 0.2) is 6.07 Å². The molecule has 2 fully saturated rings. The van der Waals surface area contributed by atoms with Gasteiger partial charge in [0.25, 0.3) is 0 Å². The van der Waals surface area contributed by atoms with Crippen LogP contribution in [0.1, 0.15) is 102 Å². The molecule has 0 radical (unpaired) electrons. The molecule has 2 aliphatic rings. The van der Waals surface area contributed by atoms with E-state index in [-0.39, 0.29) is 17.2 Å². The Morgan fingerprint density at radius 1 is 0.815 bits per heavy atom. The summed E-state index contributed by atoms with van der Waals surface area (Å²) in [5.41, 5.74) is 2.38. The molecule has 0 spiro atoms. The SMILES string of the molecule is CCC1(CCCCCc2cc(O)c(CCCCC3(C)CC3)c(O)c2O)CC1. The number of unbranched alkanes of at least 4 members (excludes halogenated alkanes) is 3. The summed E-state index contributed by atoms with van der Waals surface area (Å²) in [6.45, 7) is 4.62. The zero-order chi connectivity index (χ0) is 19.5. The monoisotopic (exact) mass is 374 g/mol. The Morgan fingerprint density at radius 2 is 1.48 bits per heavy atom. The number of benzene rings is 1. The van der Waals surface area contributed by atoms with Gasteiger partial charge in [0.2, 0.25) is 0 Å². The highest BCUT2D eigenvalue weighted by Crippen LogP contribution is 2.52. The molecule has 0 heterocycles. The molecule has 2 aliphatic carbocycles. The minimum atomic E-state index is -0.106. The van der Waals surface area contributed by atoms with E-state index in [1.807, 2.05) is 0 Å². The zero-order valence-electron chi connectivity index (χ0n) is 17.3. The summed E-state index contributed by atoms with van der Waals surface area (Å²) in [4.78, 5) is 0. The van der Waals surface area contributed by atoms with Crippen LogP contribution in [-0.4, -0.2) is 15.3 Å². The Bertz CT molecular complexity index is 642. The molecular formula is C24H38O3. The molecule has 3 heteroatoms. The standard InChI is InChI=1S/C24H38O3/c1-3-24(15-16-24)12-7-4-5-9-18-17-20(25)19(22(27)21(18)26)10-6-8-11-23(2)13-14-23/h17,25-27H,3-16H2,1-2H3. The van der Waals surface area contributed by atoms with Gasteiger partial charge in [-0.25, -0.2) is 0 Å². The Morgan fingerprint density at radius 3 is 2.11 bits per heavy atom. The fraction of sp³-hybridized carbons (Fsp3) is 0.750. The van der Waals surface area contributed by atoms with Crippen LogP contribution in [0.2, 0.25) is 0 Å². The number of phenols is 3. The van der Waals surface area contributed by atoms with Crippen molar-refractivity contribution in [2.45, 2.75) is 104 Å². The predicted molar refractivity (Wildman–Crippen MR) is 110 cm³/mol. The predicted octanol–water partition coefficient (Wildman–Crippen LogP) is 6.61. The minimum Gasteiger partial charge on any atom is -0.508 e. The van der Waals surface area contributed by atoms with E-state index in [1.165, 1.54) is 51.4 Å². The summed E-state index contributed by atoms with van der Waals surface area (Å²) >= 11 is 0. The van der Waals surface area contributed by atoms with E-state index in [0.29, 0.717) is 34.8 Å². The van der Waals surface area contributed by atoms with Crippen molar-refractivity contribution in [1.82, 2.24) is 0 Å². The van der Waals surface area contributed by atoms with Crippen molar-refractivity contribution < 1.29 is 15.3 Å². The largest absolute Gasteiger partial charge is 0.508 e. The summed E-state index contributed by atoms with van der Waals surface area (Å²) in [5, 5.41) is 31.1. The summed E-state index contributed by atoms with van der Waals surface area (Å²) in [5.74, 6) is 0.00979. The molecule has 1 aromatic rings. The Kier molecular flexibility index (Phi) is 6.28. The number of phenolic OH excluding ortho intramolecular Hbond substituents is 3. The van der Waals surface area contributed by atoms with Gasteiger partial charge >= 0.3 is 0 Å². The molecule has 0 aromatic heterocycles. The van der Waals surface area contributed by atoms with Crippen LogP contribution in [-0.2, 0) is 12.8 Å². The van der Waals surface area contributed by atoms with Crippen LogP contribution in [0.3, 0.4) is 0 Å². The smallest absolute Gasteiger partial charge is 0.164 e. The Labute approximate surface area is 164 Å². The van der Waals surface area contributed by atoms with Crippen LogP contribution in [0, 0.1) is 10.8 Å². The maximum atomic E-state index is 10.4. The maximum Gasteiger partial charge on any atom is 0.164 e. The molecule has 3 rings (SSSR count). The lowest BCUT2D eigenvalue weighted by Crippen LogP contribution is -1.98. The third-order valence-electron chi connectivity index (χ3n) is 7.36. The van der Waals surface area contributed by atoms with Crippen LogP contribution in [0.4, 0.5) is 0 Å². The van der Waals surface area contributed by atoms with Gasteiger partial charge in [0.15, 0.2) is 11.5 Å². The number of rotatable bonds is 12. The second kappa shape index (κ2) is 8.32. The van der Waals surface area contributed by atoms with Gasteiger partial charge in [-0.15, -0.1) is 0 Å². The van der Waals surface area contributed by atoms with Gasteiger partial charge in [-0.3, -0.25) is 0 Å². The first-order chi connectivity index (χ1) is 12.9. The second-order valence-corrected chi connectivity index (χ2v) is 9.66. The molecule has 27 heavy (non-hydrogen) atoms. The molecule has 3 N–H and O–H groups in total. The zero-order valence-corrected chi connectivity index (χ0v) is 17.3. The molecule has 3 nitrogen and oxygen atoms in total. The van der Waals surface area contributed by atoms with E-state index in [4.69, 9.17) is 0 Å². The summed E-state index contributed by atoms with van der Waals surface area (Å²) in [6, 6.07) is 1.67. The van der Waals surface area contributed by atoms with Gasteiger partial charge in [0.1, 0.15) is 5.75 Å². The van der Waals surface area contributed by atoms with E-state index < -0.39 is 0 Å². The average Bonchev–Trinajstić information content (AvgIpc) is 3.57. The van der Waals surface area contributed by atoms with Crippen molar-refractivity contribution in [3.8, 4) is 17.2 Å². The van der Waals surface area contributed by atoms with Gasteiger partial charge < -0.3 is 15.3 Å². The van der Waals surface area contributed by atoms with Gasteiger partial charge in [0, 0.05) is 11.1 Å². The first-order valence-corrected chi connectivity index (χ1v) is 11.1. The number of aryl methyl sites for hydroxylation is 1. The van der Waals surface area contributed by atoms with Gasteiger partial charge in [-0.1, -0.05) is 39.5 Å². The summed E-state index contributed by atoms with van der Waals surface area (Å²) in [6.07, 6.45) is 16.1. The molecule has 0 atom stereocenters. The summed E-state index contributed by atoms with van der Waals surface area (Å²) in [7, 11) is 0. The lowest BCUT2D eigenvalue weighted by molar-refractivity contribution is 0.381. The van der Waals surface area contributed by atoms with Gasteiger partial charge in [-0.05, 0) is 81.1 Å². The number of hydrogen-bond acceptors (Lipinski definition) is 3. The van der Waals surface area contributed by atoms with Crippen molar-refractivity contribution in [3.63, 3.8) is 0 Å². The van der Waals surface area contributed by atoms with Crippen LogP contribution >= 0.6 is 0 Å². The molecule has 2 saturated carbocycles. The van der Waals surface area contributed by atoms with Crippen molar-refractivity contribution in [2.24, 2.45) is 10.8 Å². The van der Waals surface area contributed by atoms with Crippen LogP contribution < -0.4 is 0 Å². The van der Waals surface area contributed by atoms with Crippen LogP contribution in [0.5, 0.6) is 17.2 Å². The number of hydrogen-bond donors (Lipinski definition) is 3. The lowest BCUT2D eigenvalue weighted by Gasteiger charge is -2.14. The van der Waals surface area contributed by atoms with E-state index in [0.717, 1.165) is 25.7 Å². The topological polar surface area (TPSA) is 60.7 Å². The second-order valence-electron chi connectivity index (χ2n) is 9.66. The van der Waals surface area contributed by atoms with Crippen molar-refractivity contribution in [2.75, 3.05) is 0 Å². The van der Waals surface area contributed by atoms with E-state index in [9.17, 15) is 15.3 Å². The molecule has 0 bridgehead atoms. The summed E-state index contributed by atoms with van der Waals surface area (Å²) < 4.78 is 0. The highest BCUT2D eigenvalue weighted by molar-refractivity contribution is 5.56.